The van der Waals surface area contributed by atoms with Crippen LogP contribution < -0.4 is 16.6 Å². The lowest BCUT2D eigenvalue weighted by molar-refractivity contribution is 0.0636. The van der Waals surface area contributed by atoms with Crippen LogP contribution in [0, 0.1) is 0 Å². The second kappa shape index (κ2) is 5.25. The van der Waals surface area contributed by atoms with Gasteiger partial charge in [0.1, 0.15) is 5.60 Å². The van der Waals surface area contributed by atoms with E-state index in [9.17, 15) is 4.79 Å². The molecule has 94 valence electrons. The maximum absolute atomic E-state index is 11.5. The minimum atomic E-state index is -0.548. The molecule has 17 heavy (non-hydrogen) atoms. The number of carbonyl (C=O) groups excluding carboxylic acids is 1. The molecule has 0 saturated heterocycles. The third-order valence-electron chi connectivity index (χ3n) is 1.77. The highest BCUT2D eigenvalue weighted by molar-refractivity contribution is 6.33. The first-order valence-electron chi connectivity index (χ1n) is 5.08. The number of nitrogen functional groups attached to an aromatic ring is 1. The van der Waals surface area contributed by atoms with Gasteiger partial charge in [-0.15, -0.1) is 0 Å². The molecule has 0 atom stereocenters. The Morgan fingerprint density at radius 2 is 2.06 bits per heavy atom. The number of nitrogens with two attached hydrogens (primary N) is 1. The van der Waals surface area contributed by atoms with E-state index in [0.717, 1.165) is 0 Å². The Morgan fingerprint density at radius 1 is 1.41 bits per heavy atom. The maximum Gasteiger partial charge on any atom is 0.412 e. The number of nitrogens with one attached hydrogen (secondary N) is 2. The fourth-order valence-electron chi connectivity index (χ4n) is 1.12. The number of carbonyl (C=O) groups is 1. The second-order valence-corrected chi connectivity index (χ2v) is 4.87. The molecule has 0 bridgehead atoms. The van der Waals surface area contributed by atoms with Gasteiger partial charge in [-0.2, -0.15) is 0 Å². The van der Waals surface area contributed by atoms with E-state index < -0.39 is 11.7 Å². The third-order valence-corrected chi connectivity index (χ3v) is 2.08. The van der Waals surface area contributed by atoms with Crippen LogP contribution in [0.3, 0.4) is 0 Å². The molecule has 6 heteroatoms. The monoisotopic (exact) mass is 257 g/mol. The van der Waals surface area contributed by atoms with Crippen LogP contribution in [0.15, 0.2) is 18.2 Å². The van der Waals surface area contributed by atoms with Crippen LogP contribution in [0.25, 0.3) is 0 Å². The molecule has 0 aliphatic heterocycles. The summed E-state index contributed by atoms with van der Waals surface area (Å²) in [5, 5.41) is 2.94. The molecule has 0 aliphatic rings. The van der Waals surface area contributed by atoms with E-state index in [1.807, 2.05) is 0 Å². The lowest BCUT2D eigenvalue weighted by Gasteiger charge is -2.20. The highest BCUT2D eigenvalue weighted by Crippen LogP contribution is 2.25. The second-order valence-electron chi connectivity index (χ2n) is 4.47. The van der Waals surface area contributed by atoms with Gasteiger partial charge in [-0.25, -0.2) is 4.79 Å². The van der Waals surface area contributed by atoms with Gasteiger partial charge in [0.25, 0.3) is 0 Å². The average molecular weight is 258 g/mol. The van der Waals surface area contributed by atoms with Crippen molar-refractivity contribution in [1.82, 2.24) is 0 Å². The van der Waals surface area contributed by atoms with Crippen molar-refractivity contribution in [1.29, 1.82) is 0 Å². The molecule has 0 spiro atoms. The molecule has 0 heterocycles. The molecule has 5 nitrogen and oxygen atoms in total. The average Bonchev–Trinajstić information content (AvgIpc) is 2.18. The molecule has 0 aromatic heterocycles. The first kappa shape index (κ1) is 13.6. The summed E-state index contributed by atoms with van der Waals surface area (Å²) >= 11 is 5.96. The Bertz CT molecular complexity index is 416. The lowest BCUT2D eigenvalue weighted by atomic mass is 10.2. The molecule has 1 aromatic carbocycles. The first-order chi connectivity index (χ1) is 7.81. The predicted molar refractivity (Wildman–Crippen MR) is 69.1 cm³/mol. The summed E-state index contributed by atoms with van der Waals surface area (Å²) < 4.78 is 5.10. The van der Waals surface area contributed by atoms with Crippen molar-refractivity contribution >= 4 is 29.1 Å². The van der Waals surface area contributed by atoms with Gasteiger partial charge >= 0.3 is 6.09 Å². The van der Waals surface area contributed by atoms with E-state index in [-0.39, 0.29) is 0 Å². The minimum absolute atomic E-state index is 0.381. The number of rotatable bonds is 2. The van der Waals surface area contributed by atoms with Gasteiger partial charge in [-0.3, -0.25) is 11.2 Å². The third kappa shape index (κ3) is 4.50. The van der Waals surface area contributed by atoms with Crippen molar-refractivity contribution in [2.45, 2.75) is 26.4 Å². The number of benzene rings is 1. The number of hydrazine groups is 1. The number of hydrogen-bond acceptors (Lipinski definition) is 4. The first-order valence-corrected chi connectivity index (χ1v) is 5.46. The van der Waals surface area contributed by atoms with Gasteiger partial charge in [0, 0.05) is 0 Å². The van der Waals surface area contributed by atoms with Gasteiger partial charge in [0.15, 0.2) is 0 Å². The van der Waals surface area contributed by atoms with E-state index >= 15 is 0 Å². The number of hydrogen-bond donors (Lipinski definition) is 3. The standard InChI is InChI=1S/C11H16ClN3O2/c1-11(2,3)17-10(16)14-9-5-4-7(15-13)6-8(9)12/h4-6,15H,13H2,1-3H3,(H,14,16). The molecule has 0 fully saturated rings. The van der Waals surface area contributed by atoms with E-state index in [1.54, 1.807) is 39.0 Å². The van der Waals surface area contributed by atoms with Crippen molar-refractivity contribution in [2.24, 2.45) is 5.84 Å². The van der Waals surface area contributed by atoms with Crippen LogP contribution >= 0.6 is 11.6 Å². The zero-order chi connectivity index (χ0) is 13.1. The van der Waals surface area contributed by atoms with Crippen LogP contribution in [0.4, 0.5) is 16.2 Å². The SMILES string of the molecule is CC(C)(C)OC(=O)Nc1ccc(NN)cc1Cl. The number of amides is 1. The zero-order valence-electron chi connectivity index (χ0n) is 10.0. The number of anilines is 2. The van der Waals surface area contributed by atoms with E-state index in [1.165, 1.54) is 0 Å². The van der Waals surface area contributed by atoms with Crippen LogP contribution in [0.2, 0.25) is 5.02 Å². The number of halogens is 1. The van der Waals surface area contributed by atoms with E-state index in [0.29, 0.717) is 16.4 Å². The smallest absolute Gasteiger partial charge is 0.412 e. The van der Waals surface area contributed by atoms with Crippen molar-refractivity contribution in [2.75, 3.05) is 10.7 Å². The van der Waals surface area contributed by atoms with Crippen LogP contribution in [-0.4, -0.2) is 11.7 Å². The molecule has 1 rings (SSSR count). The topological polar surface area (TPSA) is 76.4 Å². The molecule has 0 aliphatic carbocycles. The molecule has 0 saturated carbocycles. The molecule has 0 radical (unpaired) electrons. The van der Waals surface area contributed by atoms with Gasteiger partial charge < -0.3 is 10.2 Å². The van der Waals surface area contributed by atoms with Crippen LogP contribution in [0.1, 0.15) is 20.8 Å². The Hall–Kier alpha value is -1.46. The van der Waals surface area contributed by atoms with Crippen molar-refractivity contribution in [3.63, 3.8) is 0 Å². The zero-order valence-corrected chi connectivity index (χ0v) is 10.8. The van der Waals surface area contributed by atoms with Crippen LogP contribution in [0.5, 0.6) is 0 Å². The molecule has 0 unspecified atom stereocenters. The fourth-order valence-corrected chi connectivity index (χ4v) is 1.35. The summed E-state index contributed by atoms with van der Waals surface area (Å²) in [6.07, 6.45) is -0.548. The number of ether oxygens (including phenoxy) is 1. The predicted octanol–water partition coefficient (Wildman–Crippen LogP) is 2.97. The largest absolute Gasteiger partial charge is 0.444 e. The Labute approximate surface area is 105 Å². The van der Waals surface area contributed by atoms with Crippen molar-refractivity contribution < 1.29 is 9.53 Å². The van der Waals surface area contributed by atoms with Gasteiger partial charge in [-0.1, -0.05) is 11.6 Å². The summed E-state index contributed by atoms with van der Waals surface area (Å²) in [5.74, 6) is 5.23. The fraction of sp³-hybridized carbons (Fsp3) is 0.364. The summed E-state index contributed by atoms with van der Waals surface area (Å²) in [7, 11) is 0. The van der Waals surface area contributed by atoms with Crippen LogP contribution in [-0.2, 0) is 4.74 Å². The highest BCUT2D eigenvalue weighted by atomic mass is 35.5. The quantitative estimate of drug-likeness (QED) is 0.562. The molecular formula is C11H16ClN3O2. The Kier molecular flexibility index (Phi) is 4.20. The van der Waals surface area contributed by atoms with E-state index in [2.05, 4.69) is 10.7 Å². The molecule has 4 N–H and O–H groups in total. The molecule has 1 aromatic rings. The minimum Gasteiger partial charge on any atom is -0.444 e. The van der Waals surface area contributed by atoms with Gasteiger partial charge in [0.05, 0.1) is 16.4 Å². The Morgan fingerprint density at radius 3 is 2.53 bits per heavy atom. The Balaban J connectivity index is 2.72. The molecular weight excluding hydrogens is 242 g/mol. The summed E-state index contributed by atoms with van der Waals surface area (Å²) in [4.78, 5) is 11.5. The summed E-state index contributed by atoms with van der Waals surface area (Å²) in [6.45, 7) is 5.36. The van der Waals surface area contributed by atoms with Crippen molar-refractivity contribution in [3.05, 3.63) is 23.2 Å². The lowest BCUT2D eigenvalue weighted by Crippen LogP contribution is -2.27. The van der Waals surface area contributed by atoms with Crippen molar-refractivity contribution in [3.8, 4) is 0 Å². The van der Waals surface area contributed by atoms with Gasteiger partial charge in [-0.05, 0) is 39.0 Å². The molecule has 1 amide bonds. The normalized spacial score (nSPS) is 10.9. The van der Waals surface area contributed by atoms with E-state index in [4.69, 9.17) is 22.2 Å². The maximum atomic E-state index is 11.5. The summed E-state index contributed by atoms with van der Waals surface area (Å²) in [6, 6.07) is 4.94. The van der Waals surface area contributed by atoms with Gasteiger partial charge in [0.2, 0.25) is 0 Å². The summed E-state index contributed by atoms with van der Waals surface area (Å²) in [5.41, 5.74) is 3.04. The highest BCUT2D eigenvalue weighted by Gasteiger charge is 2.16.